The van der Waals surface area contributed by atoms with Crippen LogP contribution in [0.3, 0.4) is 0 Å². The van der Waals surface area contributed by atoms with Crippen molar-refractivity contribution in [3.63, 3.8) is 0 Å². The van der Waals surface area contributed by atoms with E-state index < -0.39 is 17.8 Å². The first-order valence-corrected chi connectivity index (χ1v) is 6.44. The number of esters is 1. The molecule has 0 bridgehead atoms. The van der Waals surface area contributed by atoms with Crippen LogP contribution in [0.25, 0.3) is 0 Å². The second-order valence-corrected chi connectivity index (χ2v) is 4.65. The number of fused-ring (bicyclic) bond motifs is 1. The molecule has 2 aromatic carbocycles. The van der Waals surface area contributed by atoms with Gasteiger partial charge >= 0.3 is 5.97 Å². The van der Waals surface area contributed by atoms with E-state index in [9.17, 15) is 19.5 Å². The quantitative estimate of drug-likeness (QED) is 0.677. The largest absolute Gasteiger partial charge is 0.507 e. The number of benzene rings is 2. The van der Waals surface area contributed by atoms with Gasteiger partial charge in [0.15, 0.2) is 0 Å². The van der Waals surface area contributed by atoms with Gasteiger partial charge in [-0.2, -0.15) is 0 Å². The summed E-state index contributed by atoms with van der Waals surface area (Å²) in [6.07, 6.45) is 0. The molecule has 22 heavy (non-hydrogen) atoms. The molecule has 0 saturated heterocycles. The molecule has 0 aliphatic carbocycles. The number of carbonyl (C=O) groups excluding carboxylic acids is 3. The van der Waals surface area contributed by atoms with Crippen molar-refractivity contribution in [1.29, 1.82) is 0 Å². The number of carbonyl (C=O) groups is 3. The highest BCUT2D eigenvalue weighted by Crippen LogP contribution is 2.34. The first-order valence-electron chi connectivity index (χ1n) is 6.44. The third kappa shape index (κ3) is 1.85. The third-order valence-electron chi connectivity index (χ3n) is 3.44. The molecule has 1 heterocycles. The molecule has 0 unspecified atom stereocenters. The fourth-order valence-electron chi connectivity index (χ4n) is 2.43. The SMILES string of the molecule is COC(=O)c1c(O)cccc1N1C(=O)c2ccccc2C1=O. The van der Waals surface area contributed by atoms with E-state index in [0.29, 0.717) is 0 Å². The fourth-order valence-corrected chi connectivity index (χ4v) is 2.43. The van der Waals surface area contributed by atoms with Gasteiger partial charge in [-0.05, 0) is 24.3 Å². The van der Waals surface area contributed by atoms with E-state index in [-0.39, 0.29) is 28.1 Å². The van der Waals surface area contributed by atoms with Crippen LogP contribution in [-0.4, -0.2) is 30.0 Å². The topological polar surface area (TPSA) is 83.9 Å². The standard InChI is InChI=1S/C16H11NO5/c1-22-16(21)13-11(7-4-8-12(13)18)17-14(19)9-5-2-3-6-10(9)15(17)20/h2-8,18H,1H3. The third-order valence-corrected chi connectivity index (χ3v) is 3.44. The summed E-state index contributed by atoms with van der Waals surface area (Å²) < 4.78 is 4.62. The van der Waals surface area contributed by atoms with Crippen molar-refractivity contribution in [3.05, 3.63) is 59.2 Å². The molecule has 1 aliphatic rings. The van der Waals surface area contributed by atoms with E-state index in [1.807, 2.05) is 0 Å². The molecule has 0 atom stereocenters. The van der Waals surface area contributed by atoms with Gasteiger partial charge in [0.25, 0.3) is 11.8 Å². The van der Waals surface area contributed by atoms with Gasteiger partial charge in [-0.15, -0.1) is 0 Å². The van der Waals surface area contributed by atoms with Crippen molar-refractivity contribution in [3.8, 4) is 5.75 Å². The highest BCUT2D eigenvalue weighted by molar-refractivity contribution is 6.35. The second kappa shape index (κ2) is 5.00. The van der Waals surface area contributed by atoms with Gasteiger partial charge < -0.3 is 9.84 Å². The van der Waals surface area contributed by atoms with Gasteiger partial charge in [0, 0.05) is 0 Å². The summed E-state index contributed by atoms with van der Waals surface area (Å²) in [4.78, 5) is 37.6. The average molecular weight is 297 g/mol. The van der Waals surface area contributed by atoms with Crippen LogP contribution in [0, 0.1) is 0 Å². The van der Waals surface area contributed by atoms with Crippen molar-refractivity contribution < 1.29 is 24.2 Å². The summed E-state index contributed by atoms with van der Waals surface area (Å²) in [7, 11) is 1.15. The summed E-state index contributed by atoms with van der Waals surface area (Å²) in [5, 5.41) is 9.89. The Morgan fingerprint density at radius 1 is 1.00 bits per heavy atom. The highest BCUT2D eigenvalue weighted by atomic mass is 16.5. The second-order valence-electron chi connectivity index (χ2n) is 4.65. The molecule has 0 saturated carbocycles. The monoisotopic (exact) mass is 297 g/mol. The normalized spacial score (nSPS) is 13.2. The Kier molecular flexibility index (Phi) is 3.14. The minimum Gasteiger partial charge on any atom is -0.507 e. The lowest BCUT2D eigenvalue weighted by Crippen LogP contribution is -2.31. The van der Waals surface area contributed by atoms with Crippen LogP contribution >= 0.6 is 0 Å². The predicted molar refractivity (Wildman–Crippen MR) is 77.0 cm³/mol. The lowest BCUT2D eigenvalue weighted by atomic mass is 10.1. The summed E-state index contributed by atoms with van der Waals surface area (Å²) in [6.45, 7) is 0. The van der Waals surface area contributed by atoms with Crippen LogP contribution in [-0.2, 0) is 4.74 Å². The maximum absolute atomic E-state index is 12.5. The first-order chi connectivity index (χ1) is 10.6. The lowest BCUT2D eigenvalue weighted by Gasteiger charge is -2.17. The molecule has 1 aliphatic heterocycles. The minimum absolute atomic E-state index is 0.00181. The van der Waals surface area contributed by atoms with Crippen LogP contribution in [0.5, 0.6) is 5.75 Å². The van der Waals surface area contributed by atoms with E-state index in [0.717, 1.165) is 12.0 Å². The molecular weight excluding hydrogens is 286 g/mol. The number of anilines is 1. The summed E-state index contributed by atoms with van der Waals surface area (Å²) in [5.41, 5.74) is 0.288. The Morgan fingerprint density at radius 3 is 2.14 bits per heavy atom. The van der Waals surface area contributed by atoms with E-state index in [2.05, 4.69) is 4.74 Å². The Labute approximate surface area is 125 Å². The highest BCUT2D eigenvalue weighted by Gasteiger charge is 2.38. The molecule has 110 valence electrons. The van der Waals surface area contributed by atoms with Gasteiger partial charge in [0.05, 0.1) is 23.9 Å². The average Bonchev–Trinajstić information content (AvgIpc) is 2.78. The molecule has 2 amide bonds. The maximum atomic E-state index is 12.5. The molecule has 0 fully saturated rings. The first kappa shape index (κ1) is 13.8. The Bertz CT molecular complexity index is 777. The summed E-state index contributed by atoms with van der Waals surface area (Å²) in [6, 6.07) is 10.5. The van der Waals surface area contributed by atoms with Gasteiger partial charge in [-0.1, -0.05) is 18.2 Å². The number of nitrogens with zero attached hydrogens (tertiary/aromatic N) is 1. The number of phenolic OH excluding ortho intramolecular Hbond substituents is 1. The predicted octanol–water partition coefficient (Wildman–Crippen LogP) is 1.98. The van der Waals surface area contributed by atoms with E-state index in [1.54, 1.807) is 12.1 Å². The van der Waals surface area contributed by atoms with Crippen LogP contribution in [0.15, 0.2) is 42.5 Å². The number of phenols is 1. The number of amides is 2. The molecule has 3 rings (SSSR count). The molecule has 0 spiro atoms. The van der Waals surface area contributed by atoms with Crippen LogP contribution < -0.4 is 4.90 Å². The number of hydrogen-bond acceptors (Lipinski definition) is 5. The van der Waals surface area contributed by atoms with E-state index >= 15 is 0 Å². The minimum atomic E-state index is -0.829. The Balaban J connectivity index is 2.19. The van der Waals surface area contributed by atoms with Crippen molar-refractivity contribution in [2.45, 2.75) is 0 Å². The molecule has 2 aromatic rings. The van der Waals surface area contributed by atoms with Crippen molar-refractivity contribution in [2.75, 3.05) is 12.0 Å². The number of hydrogen-bond donors (Lipinski definition) is 1. The van der Waals surface area contributed by atoms with Crippen molar-refractivity contribution in [2.24, 2.45) is 0 Å². The van der Waals surface area contributed by atoms with Gasteiger partial charge in [-0.25, -0.2) is 9.69 Å². The zero-order chi connectivity index (χ0) is 15.9. The smallest absolute Gasteiger partial charge is 0.343 e. The van der Waals surface area contributed by atoms with Crippen molar-refractivity contribution in [1.82, 2.24) is 0 Å². The van der Waals surface area contributed by atoms with Gasteiger partial charge in [0.2, 0.25) is 0 Å². The summed E-state index contributed by atoms with van der Waals surface area (Å²) >= 11 is 0. The number of ether oxygens (including phenoxy) is 1. The zero-order valence-electron chi connectivity index (χ0n) is 11.6. The van der Waals surface area contributed by atoms with Gasteiger partial charge in [-0.3, -0.25) is 9.59 Å². The number of aromatic hydroxyl groups is 1. The molecule has 6 heteroatoms. The zero-order valence-corrected chi connectivity index (χ0v) is 11.6. The molecule has 6 nitrogen and oxygen atoms in total. The molecule has 1 N–H and O–H groups in total. The number of rotatable bonds is 2. The molecular formula is C16H11NO5. The van der Waals surface area contributed by atoms with E-state index in [4.69, 9.17) is 0 Å². The number of imide groups is 1. The number of methoxy groups -OCH3 is 1. The summed E-state index contributed by atoms with van der Waals surface area (Å²) in [5.74, 6) is -2.28. The molecule has 0 radical (unpaired) electrons. The Hall–Kier alpha value is -3.15. The van der Waals surface area contributed by atoms with Crippen LogP contribution in [0.4, 0.5) is 5.69 Å². The van der Waals surface area contributed by atoms with Crippen LogP contribution in [0.2, 0.25) is 0 Å². The lowest BCUT2D eigenvalue weighted by molar-refractivity contribution is 0.0598. The van der Waals surface area contributed by atoms with Crippen LogP contribution in [0.1, 0.15) is 31.1 Å². The van der Waals surface area contributed by atoms with Gasteiger partial charge in [0.1, 0.15) is 11.3 Å². The Morgan fingerprint density at radius 2 is 1.59 bits per heavy atom. The van der Waals surface area contributed by atoms with Crippen molar-refractivity contribution >= 4 is 23.5 Å². The maximum Gasteiger partial charge on any atom is 0.343 e. The fraction of sp³-hybridized carbons (Fsp3) is 0.0625. The molecule has 0 aromatic heterocycles. The van der Waals surface area contributed by atoms with E-state index in [1.165, 1.54) is 30.3 Å².